The number of anilines is 1. The molecule has 1 unspecified atom stereocenters. The fraction of sp³-hybridized carbons (Fsp3) is 0.0769. The van der Waals surface area contributed by atoms with E-state index in [0.29, 0.717) is 16.9 Å². The lowest BCUT2D eigenvalue weighted by molar-refractivity contribution is -0.117. The number of nitrogens with zero attached hydrogens (tertiary/aromatic N) is 1. The third kappa shape index (κ3) is 3.30. The number of carbonyl (C=O) groups is 2. The Kier molecular flexibility index (Phi) is 4.86. The minimum absolute atomic E-state index is 0.00296. The largest absolute Gasteiger partial charge is 0.506 e. The van der Waals surface area contributed by atoms with Crippen LogP contribution >= 0.6 is 0 Å². The summed E-state index contributed by atoms with van der Waals surface area (Å²) in [5.41, 5.74) is 1.11. The molecular formula is C26H19NO6. The van der Waals surface area contributed by atoms with Crippen LogP contribution in [0.1, 0.15) is 22.2 Å². The van der Waals surface area contributed by atoms with Crippen LogP contribution in [-0.2, 0) is 4.79 Å². The number of rotatable bonds is 5. The van der Waals surface area contributed by atoms with E-state index in [2.05, 4.69) is 0 Å². The molecule has 0 bridgehead atoms. The lowest BCUT2D eigenvalue weighted by Crippen LogP contribution is -2.31. The normalized spacial score (nSPS) is 16.0. The molecule has 0 fully saturated rings. The Labute approximate surface area is 188 Å². The molecule has 164 valence electrons. The summed E-state index contributed by atoms with van der Waals surface area (Å²) in [6.45, 7) is 0. The zero-order valence-corrected chi connectivity index (χ0v) is 17.6. The molecule has 0 aliphatic carbocycles. The van der Waals surface area contributed by atoms with Crippen LogP contribution in [-0.4, -0.2) is 29.0 Å². The summed E-state index contributed by atoms with van der Waals surface area (Å²) < 4.78 is 10.9. The number of phenolic OH excluding ortho intramolecular Hbond substituents is 1. The summed E-state index contributed by atoms with van der Waals surface area (Å²) in [6.07, 6.45) is 0. The van der Waals surface area contributed by atoms with E-state index in [9.17, 15) is 19.8 Å². The third-order valence-corrected chi connectivity index (χ3v) is 5.67. The highest BCUT2D eigenvalue weighted by atomic mass is 16.5. The van der Waals surface area contributed by atoms with Crippen LogP contribution < -0.4 is 9.64 Å². The van der Waals surface area contributed by atoms with Gasteiger partial charge in [0.15, 0.2) is 11.5 Å². The number of methoxy groups -OCH3 is 1. The Morgan fingerprint density at radius 1 is 0.970 bits per heavy atom. The number of aliphatic hydroxyl groups excluding tert-OH is 1. The minimum Gasteiger partial charge on any atom is -0.506 e. The summed E-state index contributed by atoms with van der Waals surface area (Å²) in [4.78, 5) is 28.0. The van der Waals surface area contributed by atoms with Gasteiger partial charge >= 0.3 is 0 Å². The molecule has 5 rings (SSSR count). The Morgan fingerprint density at radius 2 is 1.67 bits per heavy atom. The van der Waals surface area contributed by atoms with E-state index in [-0.39, 0.29) is 22.8 Å². The molecule has 0 spiro atoms. The molecule has 0 radical (unpaired) electrons. The summed E-state index contributed by atoms with van der Waals surface area (Å²) in [5, 5.41) is 22.0. The smallest absolute Gasteiger partial charge is 0.294 e. The molecule has 7 heteroatoms. The van der Waals surface area contributed by atoms with Crippen LogP contribution in [0.2, 0.25) is 0 Å². The average Bonchev–Trinajstić information content (AvgIpc) is 3.38. The van der Waals surface area contributed by atoms with Gasteiger partial charge in [0.25, 0.3) is 5.91 Å². The molecule has 2 N–H and O–H groups in total. The SMILES string of the molecule is COc1ccc(C2C(C(=O)c3cc4ccccc4o3)=C(O)C(=O)N2c2ccccc2O)cc1. The lowest BCUT2D eigenvalue weighted by atomic mass is 9.94. The monoisotopic (exact) mass is 441 g/mol. The maximum absolute atomic E-state index is 13.6. The van der Waals surface area contributed by atoms with Gasteiger partial charge in [-0.05, 0) is 42.0 Å². The van der Waals surface area contributed by atoms with E-state index < -0.39 is 23.5 Å². The van der Waals surface area contributed by atoms with Gasteiger partial charge in [-0.3, -0.25) is 14.5 Å². The molecule has 33 heavy (non-hydrogen) atoms. The topological polar surface area (TPSA) is 100 Å². The summed E-state index contributed by atoms with van der Waals surface area (Å²) in [5.74, 6) is -1.66. The van der Waals surface area contributed by atoms with Gasteiger partial charge < -0.3 is 19.4 Å². The van der Waals surface area contributed by atoms with Gasteiger partial charge in [-0.1, -0.05) is 42.5 Å². The van der Waals surface area contributed by atoms with Gasteiger partial charge in [0.2, 0.25) is 5.78 Å². The third-order valence-electron chi connectivity index (χ3n) is 5.67. The Morgan fingerprint density at radius 3 is 2.36 bits per heavy atom. The molecule has 1 aliphatic heterocycles. The number of ether oxygens (including phenoxy) is 1. The molecule has 3 aromatic carbocycles. The predicted molar refractivity (Wildman–Crippen MR) is 122 cm³/mol. The van der Waals surface area contributed by atoms with Crippen molar-refractivity contribution in [3.8, 4) is 11.5 Å². The number of phenols is 1. The van der Waals surface area contributed by atoms with Crippen molar-refractivity contribution in [3.05, 3.63) is 102 Å². The van der Waals surface area contributed by atoms with E-state index in [1.807, 2.05) is 6.07 Å². The van der Waals surface area contributed by atoms with Crippen molar-refractivity contribution in [3.63, 3.8) is 0 Å². The van der Waals surface area contributed by atoms with Crippen molar-refractivity contribution in [2.45, 2.75) is 6.04 Å². The molecule has 1 aliphatic rings. The number of hydrogen-bond acceptors (Lipinski definition) is 6. The summed E-state index contributed by atoms with van der Waals surface area (Å²) >= 11 is 0. The van der Waals surface area contributed by atoms with Crippen molar-refractivity contribution < 1.29 is 29.0 Å². The molecule has 0 saturated heterocycles. The van der Waals surface area contributed by atoms with Crippen LogP contribution in [0.5, 0.6) is 11.5 Å². The van der Waals surface area contributed by atoms with E-state index in [1.54, 1.807) is 66.7 Å². The number of aliphatic hydroxyl groups is 1. The second-order valence-electron chi connectivity index (χ2n) is 7.58. The van der Waals surface area contributed by atoms with Crippen molar-refractivity contribution in [1.29, 1.82) is 0 Å². The lowest BCUT2D eigenvalue weighted by Gasteiger charge is -2.27. The standard InChI is InChI=1S/C26H19NO6/c1-32-17-12-10-15(11-13-17)23-22(24(29)21-14-16-6-2-5-9-20(16)33-21)25(30)26(31)27(23)18-7-3-4-8-19(18)28/h2-14,23,28,30H,1H3. The van der Waals surface area contributed by atoms with E-state index in [4.69, 9.17) is 9.15 Å². The van der Waals surface area contributed by atoms with Gasteiger partial charge in [-0.2, -0.15) is 0 Å². The van der Waals surface area contributed by atoms with Gasteiger partial charge in [-0.15, -0.1) is 0 Å². The first kappa shape index (κ1) is 20.4. The average molecular weight is 441 g/mol. The van der Waals surface area contributed by atoms with Crippen molar-refractivity contribution in [2.75, 3.05) is 12.0 Å². The number of benzene rings is 3. The molecule has 1 aromatic heterocycles. The van der Waals surface area contributed by atoms with Gasteiger partial charge in [0.05, 0.1) is 24.4 Å². The fourth-order valence-corrected chi connectivity index (χ4v) is 4.08. The van der Waals surface area contributed by atoms with Gasteiger partial charge in [0, 0.05) is 5.39 Å². The van der Waals surface area contributed by atoms with Crippen molar-refractivity contribution in [1.82, 2.24) is 0 Å². The molecule has 1 atom stereocenters. The maximum Gasteiger partial charge on any atom is 0.294 e. The van der Waals surface area contributed by atoms with Crippen LogP contribution in [0.4, 0.5) is 5.69 Å². The number of fused-ring (bicyclic) bond motifs is 1. The van der Waals surface area contributed by atoms with E-state index in [1.165, 1.54) is 18.1 Å². The molecule has 7 nitrogen and oxygen atoms in total. The summed E-state index contributed by atoms with van der Waals surface area (Å²) in [7, 11) is 1.53. The Balaban J connectivity index is 1.67. The highest BCUT2D eigenvalue weighted by molar-refractivity contribution is 6.21. The zero-order valence-electron chi connectivity index (χ0n) is 17.6. The predicted octanol–water partition coefficient (Wildman–Crippen LogP) is 4.93. The number of carbonyl (C=O) groups excluding carboxylic acids is 2. The first-order valence-corrected chi connectivity index (χ1v) is 10.2. The second-order valence-corrected chi connectivity index (χ2v) is 7.58. The van der Waals surface area contributed by atoms with Crippen LogP contribution in [0.25, 0.3) is 11.0 Å². The second kappa shape index (κ2) is 7.87. The minimum atomic E-state index is -0.989. The van der Waals surface area contributed by atoms with Crippen molar-refractivity contribution in [2.24, 2.45) is 0 Å². The van der Waals surface area contributed by atoms with Gasteiger partial charge in [0.1, 0.15) is 17.1 Å². The zero-order chi connectivity index (χ0) is 23.1. The number of aromatic hydroxyl groups is 1. The molecule has 2 heterocycles. The fourth-order valence-electron chi connectivity index (χ4n) is 4.08. The number of hydrogen-bond donors (Lipinski definition) is 2. The highest BCUT2D eigenvalue weighted by Crippen LogP contribution is 2.45. The van der Waals surface area contributed by atoms with E-state index in [0.717, 1.165) is 5.39 Å². The van der Waals surface area contributed by atoms with Crippen LogP contribution in [0, 0.1) is 0 Å². The van der Waals surface area contributed by atoms with Crippen LogP contribution in [0.15, 0.2) is 94.6 Å². The Bertz CT molecular complexity index is 1380. The van der Waals surface area contributed by atoms with Crippen LogP contribution in [0.3, 0.4) is 0 Å². The number of amides is 1. The van der Waals surface area contributed by atoms with E-state index >= 15 is 0 Å². The van der Waals surface area contributed by atoms with Gasteiger partial charge in [-0.25, -0.2) is 0 Å². The highest BCUT2D eigenvalue weighted by Gasteiger charge is 2.46. The Hall–Kier alpha value is -4.52. The first-order valence-electron chi connectivity index (χ1n) is 10.2. The molecule has 1 amide bonds. The number of ketones is 1. The molecule has 0 saturated carbocycles. The number of furan rings is 1. The molecular weight excluding hydrogens is 422 g/mol. The quantitative estimate of drug-likeness (QED) is 0.426. The molecule has 4 aromatic rings. The first-order chi connectivity index (χ1) is 16.0. The maximum atomic E-state index is 13.6. The number of Topliss-reactive ketones (excluding diaryl/α,β-unsaturated/α-hetero) is 1. The summed E-state index contributed by atoms with van der Waals surface area (Å²) in [6, 6.07) is 20.8. The number of para-hydroxylation sites is 3. The van der Waals surface area contributed by atoms with Crippen molar-refractivity contribution >= 4 is 28.3 Å².